The number of fused-ring (bicyclic) bond motifs is 1. The highest BCUT2D eigenvalue weighted by Gasteiger charge is 2.54. The van der Waals surface area contributed by atoms with Crippen molar-refractivity contribution in [3.63, 3.8) is 0 Å². The predicted molar refractivity (Wildman–Crippen MR) is 89.1 cm³/mol. The number of esters is 2. The molecule has 0 spiro atoms. The maximum atomic E-state index is 12.2. The lowest BCUT2D eigenvalue weighted by Gasteiger charge is -2.52. The molecule has 1 saturated carbocycles. The first-order valence-electron chi connectivity index (χ1n) is 8.68. The lowest BCUT2D eigenvalue weighted by atomic mass is 9.54. The number of hydrogen-bond donors (Lipinski definition) is 0. The van der Waals surface area contributed by atoms with Crippen LogP contribution in [0.1, 0.15) is 53.9 Å². The Morgan fingerprint density at radius 2 is 1.96 bits per heavy atom. The van der Waals surface area contributed by atoms with Crippen molar-refractivity contribution < 1.29 is 23.9 Å². The topological polar surface area (TPSA) is 69.7 Å². The standard InChI is InChI=1S/C19H28O5/c1-11(2)16-6-7-19(10-23-13(4)20)9-15(22)8-12(3)17(19)18(16)24-14(5)21/h8,11,16-18H,6-7,9-10H2,1-5H3. The average Bonchev–Trinajstić information content (AvgIpc) is 2.43. The fourth-order valence-corrected chi connectivity index (χ4v) is 4.57. The molecule has 2 rings (SSSR count). The SMILES string of the molecule is CC(=O)OCC12CCC(C(C)C)C(OC(C)=O)C1C(C)=CC(=O)C2. The van der Waals surface area contributed by atoms with Gasteiger partial charge in [-0.25, -0.2) is 0 Å². The summed E-state index contributed by atoms with van der Waals surface area (Å²) in [6.07, 6.45) is 3.37. The van der Waals surface area contributed by atoms with Crippen molar-refractivity contribution in [1.82, 2.24) is 0 Å². The number of rotatable bonds is 4. The van der Waals surface area contributed by atoms with E-state index in [-0.39, 0.29) is 42.3 Å². The average molecular weight is 336 g/mol. The Morgan fingerprint density at radius 3 is 2.50 bits per heavy atom. The van der Waals surface area contributed by atoms with Gasteiger partial charge in [-0.15, -0.1) is 0 Å². The van der Waals surface area contributed by atoms with E-state index in [4.69, 9.17) is 9.47 Å². The van der Waals surface area contributed by atoms with Crippen molar-refractivity contribution in [3.05, 3.63) is 11.6 Å². The van der Waals surface area contributed by atoms with Crippen LogP contribution in [0.25, 0.3) is 0 Å². The highest BCUT2D eigenvalue weighted by atomic mass is 16.5. The number of ether oxygens (including phenoxy) is 2. The molecule has 0 amide bonds. The second-order valence-electron chi connectivity index (χ2n) is 7.67. The predicted octanol–water partition coefficient (Wildman–Crippen LogP) is 3.07. The second kappa shape index (κ2) is 7.08. The minimum atomic E-state index is -0.465. The monoisotopic (exact) mass is 336 g/mol. The maximum Gasteiger partial charge on any atom is 0.302 e. The Labute approximate surface area is 143 Å². The molecule has 0 aromatic carbocycles. The van der Waals surface area contributed by atoms with Gasteiger partial charge in [-0.1, -0.05) is 19.4 Å². The van der Waals surface area contributed by atoms with E-state index in [1.165, 1.54) is 13.8 Å². The highest BCUT2D eigenvalue weighted by molar-refractivity contribution is 5.92. The van der Waals surface area contributed by atoms with Crippen LogP contribution in [0.5, 0.6) is 0 Å². The maximum absolute atomic E-state index is 12.2. The van der Waals surface area contributed by atoms with Gasteiger partial charge in [0.25, 0.3) is 0 Å². The molecule has 4 atom stereocenters. The van der Waals surface area contributed by atoms with Gasteiger partial charge in [-0.3, -0.25) is 14.4 Å². The Kier molecular flexibility index (Phi) is 5.51. The third kappa shape index (κ3) is 3.70. The third-order valence-corrected chi connectivity index (χ3v) is 5.51. The molecule has 134 valence electrons. The van der Waals surface area contributed by atoms with E-state index in [1.807, 2.05) is 6.92 Å². The lowest BCUT2D eigenvalue weighted by molar-refractivity contribution is -0.172. The van der Waals surface area contributed by atoms with Crippen LogP contribution < -0.4 is 0 Å². The fourth-order valence-electron chi connectivity index (χ4n) is 4.57. The van der Waals surface area contributed by atoms with Gasteiger partial charge in [0.15, 0.2) is 5.78 Å². The molecule has 2 aliphatic rings. The van der Waals surface area contributed by atoms with Gasteiger partial charge in [0.2, 0.25) is 0 Å². The van der Waals surface area contributed by atoms with E-state index >= 15 is 0 Å². The number of carbonyl (C=O) groups is 3. The van der Waals surface area contributed by atoms with Crippen molar-refractivity contribution >= 4 is 17.7 Å². The van der Waals surface area contributed by atoms with Gasteiger partial charge in [-0.2, -0.15) is 0 Å². The molecule has 24 heavy (non-hydrogen) atoms. The van der Waals surface area contributed by atoms with Crippen molar-refractivity contribution in [2.24, 2.45) is 23.2 Å². The largest absolute Gasteiger partial charge is 0.465 e. The van der Waals surface area contributed by atoms with E-state index in [1.54, 1.807) is 6.08 Å². The van der Waals surface area contributed by atoms with Gasteiger partial charge in [0.1, 0.15) is 6.10 Å². The molecule has 5 nitrogen and oxygen atoms in total. The first kappa shape index (κ1) is 18.7. The molecule has 0 radical (unpaired) electrons. The fraction of sp³-hybridized carbons (Fsp3) is 0.737. The third-order valence-electron chi connectivity index (χ3n) is 5.51. The zero-order chi connectivity index (χ0) is 18.1. The summed E-state index contributed by atoms with van der Waals surface area (Å²) in [6, 6.07) is 0. The normalized spacial score (nSPS) is 32.8. The Bertz CT molecular complexity index is 562. The zero-order valence-electron chi connectivity index (χ0n) is 15.3. The van der Waals surface area contributed by atoms with E-state index in [2.05, 4.69) is 13.8 Å². The highest BCUT2D eigenvalue weighted by Crippen LogP contribution is 2.54. The molecule has 0 aliphatic heterocycles. The molecule has 0 heterocycles. The minimum absolute atomic E-state index is 0.0560. The molecule has 1 fully saturated rings. The van der Waals surface area contributed by atoms with Crippen LogP contribution in [0.4, 0.5) is 0 Å². The van der Waals surface area contributed by atoms with Gasteiger partial charge in [0, 0.05) is 31.6 Å². The summed E-state index contributed by atoms with van der Waals surface area (Å²) in [5, 5.41) is 0. The molecule has 0 N–H and O–H groups in total. The summed E-state index contributed by atoms with van der Waals surface area (Å²) in [5.41, 5.74) is 0.461. The number of ketones is 1. The van der Waals surface area contributed by atoms with Crippen LogP contribution in [-0.2, 0) is 23.9 Å². The molecule has 0 aromatic heterocycles. The van der Waals surface area contributed by atoms with E-state index in [9.17, 15) is 14.4 Å². The summed E-state index contributed by atoms with van der Waals surface area (Å²) in [4.78, 5) is 35.2. The lowest BCUT2D eigenvalue weighted by Crippen LogP contribution is -2.54. The molecule has 0 saturated heterocycles. The smallest absolute Gasteiger partial charge is 0.302 e. The van der Waals surface area contributed by atoms with E-state index < -0.39 is 5.41 Å². The van der Waals surface area contributed by atoms with Gasteiger partial charge in [-0.05, 0) is 37.7 Å². The molecule has 0 bridgehead atoms. The number of hydrogen-bond acceptors (Lipinski definition) is 5. The van der Waals surface area contributed by atoms with Crippen molar-refractivity contribution in [2.45, 2.75) is 60.0 Å². The Hall–Kier alpha value is -1.65. The first-order chi connectivity index (χ1) is 11.2. The minimum Gasteiger partial charge on any atom is -0.465 e. The number of carbonyl (C=O) groups excluding carboxylic acids is 3. The Morgan fingerprint density at radius 1 is 1.29 bits per heavy atom. The van der Waals surface area contributed by atoms with Crippen molar-refractivity contribution in [1.29, 1.82) is 0 Å². The summed E-state index contributed by atoms with van der Waals surface area (Å²) in [5.74, 6) is -0.0797. The first-order valence-corrected chi connectivity index (χ1v) is 8.68. The summed E-state index contributed by atoms with van der Waals surface area (Å²) in [6.45, 7) is 9.19. The zero-order valence-corrected chi connectivity index (χ0v) is 15.3. The molecular formula is C19H28O5. The molecule has 4 unspecified atom stereocenters. The van der Waals surface area contributed by atoms with Crippen molar-refractivity contribution in [3.8, 4) is 0 Å². The second-order valence-corrected chi connectivity index (χ2v) is 7.67. The van der Waals surface area contributed by atoms with Crippen LogP contribution in [-0.4, -0.2) is 30.4 Å². The van der Waals surface area contributed by atoms with Crippen LogP contribution >= 0.6 is 0 Å². The van der Waals surface area contributed by atoms with Crippen molar-refractivity contribution in [2.75, 3.05) is 6.61 Å². The van der Waals surface area contributed by atoms with Gasteiger partial charge < -0.3 is 9.47 Å². The van der Waals surface area contributed by atoms with E-state index in [0.717, 1.165) is 18.4 Å². The molecule has 5 heteroatoms. The quantitative estimate of drug-likeness (QED) is 0.738. The molecular weight excluding hydrogens is 308 g/mol. The summed E-state index contributed by atoms with van der Waals surface area (Å²) < 4.78 is 11.1. The summed E-state index contributed by atoms with van der Waals surface area (Å²) in [7, 11) is 0. The Balaban J connectivity index is 2.44. The molecule has 2 aliphatic carbocycles. The molecule has 0 aromatic rings. The van der Waals surface area contributed by atoms with Gasteiger partial charge in [0.05, 0.1) is 6.61 Å². The summed E-state index contributed by atoms with van der Waals surface area (Å²) >= 11 is 0. The van der Waals surface area contributed by atoms with Crippen LogP contribution in [0.15, 0.2) is 11.6 Å². The van der Waals surface area contributed by atoms with E-state index in [0.29, 0.717) is 12.3 Å². The van der Waals surface area contributed by atoms with Crippen LogP contribution in [0.2, 0.25) is 0 Å². The van der Waals surface area contributed by atoms with Crippen LogP contribution in [0, 0.1) is 23.2 Å². The van der Waals surface area contributed by atoms with Gasteiger partial charge >= 0.3 is 11.9 Å². The van der Waals surface area contributed by atoms with Crippen LogP contribution in [0.3, 0.4) is 0 Å². The number of allylic oxidation sites excluding steroid dienone is 1.